The number of halogens is 7. The summed E-state index contributed by atoms with van der Waals surface area (Å²) >= 11 is 1.02. The summed E-state index contributed by atoms with van der Waals surface area (Å²) in [4.78, 5) is 12.6. The monoisotopic (exact) mass is 421 g/mol. The molecule has 144 valence electrons. The van der Waals surface area contributed by atoms with Gasteiger partial charge in [0, 0.05) is 4.90 Å². The lowest BCUT2D eigenvalue weighted by atomic mass is 10.2. The molecule has 1 amide bonds. The highest BCUT2D eigenvalue weighted by atomic mass is 32.2. The van der Waals surface area contributed by atoms with Crippen LogP contribution in [0.25, 0.3) is 0 Å². The van der Waals surface area contributed by atoms with Gasteiger partial charge in [0.2, 0.25) is 5.91 Å². The lowest BCUT2D eigenvalue weighted by Gasteiger charge is -2.19. The number of carbonyl (C=O) groups excluding carboxylic acids is 1. The number of amidine groups is 1. The molecule has 1 N–H and O–H groups in total. The molecule has 1 heterocycles. The molecule has 0 aromatic heterocycles. The van der Waals surface area contributed by atoms with Crippen LogP contribution in [0.15, 0.2) is 22.1 Å². The fraction of sp³-hybridized carbons (Fsp3) is 0.385. The summed E-state index contributed by atoms with van der Waals surface area (Å²) in [7, 11) is 0. The van der Waals surface area contributed by atoms with Crippen LogP contribution in [0, 0.1) is 12.7 Å². The number of benzene rings is 1. The van der Waals surface area contributed by atoms with Gasteiger partial charge in [0.05, 0.1) is 17.2 Å². The van der Waals surface area contributed by atoms with Gasteiger partial charge in [-0.25, -0.2) is 9.82 Å². The van der Waals surface area contributed by atoms with E-state index in [0.29, 0.717) is 28.4 Å². The molecular weight excluding hydrogens is 411 g/mol. The van der Waals surface area contributed by atoms with Gasteiger partial charge in [-0.15, -0.1) is 30.0 Å². The largest absolute Gasteiger partial charge is 0.497 e. The second kappa shape index (κ2) is 7.55. The van der Waals surface area contributed by atoms with Gasteiger partial charge >= 0.3 is 12.5 Å². The number of aryl methyl sites for hydroxylation is 1. The van der Waals surface area contributed by atoms with Crippen LogP contribution in [0.2, 0.25) is 0 Å². The van der Waals surface area contributed by atoms with Crippen LogP contribution in [-0.4, -0.2) is 35.1 Å². The first-order chi connectivity index (χ1) is 11.9. The van der Waals surface area contributed by atoms with E-state index < -0.39 is 40.8 Å². The average Bonchev–Trinajstić information content (AvgIpc) is 2.84. The molecule has 1 saturated heterocycles. The average molecular weight is 421 g/mol. The fourth-order valence-electron chi connectivity index (χ4n) is 1.92. The first kappa shape index (κ1) is 20.7. The molecule has 4 nitrogen and oxygen atoms in total. The number of amides is 1. The van der Waals surface area contributed by atoms with Crippen molar-refractivity contribution in [2.45, 2.75) is 24.3 Å². The number of carbonyl (C=O) groups is 1. The van der Waals surface area contributed by atoms with Crippen molar-refractivity contribution in [2.75, 3.05) is 16.4 Å². The lowest BCUT2D eigenvalue weighted by Crippen LogP contribution is -2.34. The quantitative estimate of drug-likeness (QED) is 0.342. The van der Waals surface area contributed by atoms with Crippen molar-refractivity contribution in [1.29, 1.82) is 0 Å². The third-order valence-corrected chi connectivity index (χ3v) is 5.07. The van der Waals surface area contributed by atoms with Crippen molar-refractivity contribution >= 4 is 40.3 Å². The van der Waals surface area contributed by atoms with Crippen molar-refractivity contribution in [3.63, 3.8) is 0 Å². The molecule has 0 saturated carbocycles. The minimum Gasteiger partial charge on any atom is -0.273 e. The lowest BCUT2D eigenvalue weighted by molar-refractivity contribution is -0.156. The van der Waals surface area contributed by atoms with E-state index in [4.69, 9.17) is 0 Å². The number of hydrogen-bond donors (Lipinski definition) is 1. The van der Waals surface area contributed by atoms with E-state index in [-0.39, 0.29) is 16.2 Å². The number of anilines is 1. The predicted octanol–water partition coefficient (Wildman–Crippen LogP) is 4.25. The molecule has 2 rings (SSSR count). The van der Waals surface area contributed by atoms with Gasteiger partial charge in [-0.05, 0) is 24.6 Å². The van der Waals surface area contributed by atoms with Gasteiger partial charge in [-0.2, -0.15) is 13.2 Å². The van der Waals surface area contributed by atoms with Crippen molar-refractivity contribution in [3.05, 3.63) is 23.5 Å². The van der Waals surface area contributed by atoms with Gasteiger partial charge in [0.15, 0.2) is 5.17 Å². The zero-order chi connectivity index (χ0) is 19.7. The molecule has 0 unspecified atom stereocenters. The summed E-state index contributed by atoms with van der Waals surface area (Å²) in [5.74, 6) is -3.23. The highest BCUT2D eigenvalue weighted by Crippen LogP contribution is 2.36. The Balaban J connectivity index is 2.37. The Morgan fingerprint density at radius 1 is 1.27 bits per heavy atom. The maximum absolute atomic E-state index is 14.2. The minimum atomic E-state index is -4.86. The Morgan fingerprint density at radius 3 is 2.50 bits per heavy atom. The van der Waals surface area contributed by atoms with E-state index in [2.05, 4.69) is 5.10 Å². The first-order valence-electron chi connectivity index (χ1n) is 6.74. The van der Waals surface area contributed by atoms with Gasteiger partial charge in [0.25, 0.3) is 0 Å². The molecule has 26 heavy (non-hydrogen) atoms. The Labute approximate surface area is 151 Å². The number of alkyl halides is 6. The van der Waals surface area contributed by atoms with Crippen LogP contribution in [-0.2, 0) is 4.79 Å². The van der Waals surface area contributed by atoms with E-state index in [1.54, 1.807) is 0 Å². The maximum Gasteiger partial charge on any atom is 0.497 e. The smallest absolute Gasteiger partial charge is 0.273 e. The van der Waals surface area contributed by atoms with Crippen LogP contribution in [0.3, 0.4) is 0 Å². The summed E-state index contributed by atoms with van der Waals surface area (Å²) in [6.45, 7) is 1.38. The van der Waals surface area contributed by atoms with E-state index in [0.717, 1.165) is 17.6 Å². The molecule has 0 radical (unpaired) electrons. The van der Waals surface area contributed by atoms with Gasteiger partial charge in [0.1, 0.15) is 5.82 Å². The molecule has 0 spiro atoms. The Morgan fingerprint density at radius 2 is 1.92 bits per heavy atom. The Hall–Kier alpha value is -1.63. The van der Waals surface area contributed by atoms with E-state index in [9.17, 15) is 35.5 Å². The number of hydrazone groups is 1. The first-order valence-corrected chi connectivity index (χ1v) is 8.71. The summed E-state index contributed by atoms with van der Waals surface area (Å²) < 4.78 is 88.1. The standard InChI is InChI=1S/C13H10F7N3OS2/c1-6-2-7(14)8(3-9(6)26-5-12(15,16)17)23-10(24)4-25-11(23)21-22-13(18,19)20/h2-3,22H,4-5H2,1H3. The number of thioether (sulfide) groups is 2. The van der Waals surface area contributed by atoms with Crippen molar-refractivity contribution in [1.82, 2.24) is 5.43 Å². The summed E-state index contributed by atoms with van der Waals surface area (Å²) in [6, 6.07) is 1.91. The zero-order valence-electron chi connectivity index (χ0n) is 12.8. The number of rotatable bonds is 4. The van der Waals surface area contributed by atoms with Crippen LogP contribution in [0.4, 0.5) is 36.4 Å². The molecular formula is C13H10F7N3OS2. The van der Waals surface area contributed by atoms with Crippen LogP contribution in [0.1, 0.15) is 5.56 Å². The SMILES string of the molecule is Cc1cc(F)c(N2C(=O)CSC2=NNC(F)(F)F)cc1SCC(F)(F)F. The van der Waals surface area contributed by atoms with Crippen LogP contribution < -0.4 is 10.3 Å². The molecule has 0 atom stereocenters. The second-order valence-electron chi connectivity index (χ2n) is 4.99. The van der Waals surface area contributed by atoms with E-state index in [1.165, 1.54) is 6.92 Å². The van der Waals surface area contributed by atoms with Crippen molar-refractivity contribution < 1.29 is 35.5 Å². The minimum absolute atomic E-state index is 0.0477. The molecule has 1 aromatic carbocycles. The third-order valence-electron chi connectivity index (χ3n) is 2.92. The fourth-order valence-corrected chi connectivity index (χ4v) is 3.54. The maximum atomic E-state index is 14.2. The molecule has 1 aliphatic heterocycles. The number of nitrogens with one attached hydrogen (secondary N) is 1. The highest BCUT2D eigenvalue weighted by molar-refractivity contribution is 8.15. The highest BCUT2D eigenvalue weighted by Gasteiger charge is 2.35. The van der Waals surface area contributed by atoms with Crippen LogP contribution in [0.5, 0.6) is 0 Å². The number of hydrogen-bond acceptors (Lipinski definition) is 5. The zero-order valence-corrected chi connectivity index (χ0v) is 14.5. The second-order valence-corrected chi connectivity index (χ2v) is 6.95. The van der Waals surface area contributed by atoms with Crippen molar-refractivity contribution in [2.24, 2.45) is 5.10 Å². The van der Waals surface area contributed by atoms with Gasteiger partial charge in [-0.3, -0.25) is 9.69 Å². The Kier molecular flexibility index (Phi) is 6.00. The molecule has 1 aliphatic rings. The molecule has 0 aliphatic carbocycles. The van der Waals surface area contributed by atoms with E-state index >= 15 is 0 Å². The molecule has 1 aromatic rings. The van der Waals surface area contributed by atoms with Gasteiger partial charge < -0.3 is 0 Å². The summed E-state index contributed by atoms with van der Waals surface area (Å²) in [6.07, 6.45) is -9.32. The summed E-state index contributed by atoms with van der Waals surface area (Å²) in [5.41, 5.74) is 0.612. The molecule has 13 heteroatoms. The molecule has 1 fully saturated rings. The predicted molar refractivity (Wildman–Crippen MR) is 84.5 cm³/mol. The van der Waals surface area contributed by atoms with Crippen LogP contribution >= 0.6 is 23.5 Å². The van der Waals surface area contributed by atoms with Crippen molar-refractivity contribution in [3.8, 4) is 0 Å². The normalized spacial score (nSPS) is 17.3. The summed E-state index contributed by atoms with van der Waals surface area (Å²) in [5, 5.41) is 2.58. The third kappa shape index (κ3) is 5.43. The Bertz CT molecular complexity index is 734. The van der Waals surface area contributed by atoms with Gasteiger partial charge in [-0.1, -0.05) is 11.8 Å². The topological polar surface area (TPSA) is 44.7 Å². The number of nitrogens with zero attached hydrogens (tertiary/aromatic N) is 2. The van der Waals surface area contributed by atoms with E-state index in [1.807, 2.05) is 0 Å². The molecule has 0 bridgehead atoms.